The Bertz CT molecular complexity index is 1620. The van der Waals surface area contributed by atoms with Crippen molar-refractivity contribution in [3.8, 4) is 0 Å². The van der Waals surface area contributed by atoms with Gasteiger partial charge in [-0.3, -0.25) is 9.59 Å². The largest absolute Gasteiger partial charge is 0.390 e. The monoisotopic (exact) mass is 633 g/mol. The Morgan fingerprint density at radius 1 is 1.02 bits per heavy atom. The van der Waals surface area contributed by atoms with Crippen molar-refractivity contribution in [2.24, 2.45) is 22.7 Å². The topological polar surface area (TPSA) is 96.3 Å². The van der Waals surface area contributed by atoms with Crippen molar-refractivity contribution in [3.05, 3.63) is 89.0 Å². The number of hydrogen-bond donors (Lipinski definition) is 2. The van der Waals surface area contributed by atoms with E-state index in [9.17, 15) is 19.8 Å². The summed E-state index contributed by atoms with van der Waals surface area (Å²) in [4.78, 5) is 27.9. The first-order chi connectivity index (χ1) is 21.8. The number of aliphatic hydroxyl groups excluding tert-OH is 2. The third-order valence-electron chi connectivity index (χ3n) is 12.0. The van der Waals surface area contributed by atoms with Crippen LogP contribution in [0.5, 0.6) is 0 Å². The minimum absolute atomic E-state index is 0.0438. The van der Waals surface area contributed by atoms with Gasteiger partial charge in [0.15, 0.2) is 29.1 Å². The number of alkyl halides is 2. The van der Waals surface area contributed by atoms with Crippen LogP contribution in [-0.4, -0.2) is 72.1 Å². The number of Topliss-reactive ketones (excluding diaryl/α,β-unsaturated/α-hetero) is 1. The minimum atomic E-state index is -2.28. The third kappa shape index (κ3) is 4.14. The van der Waals surface area contributed by atoms with Crippen molar-refractivity contribution < 1.29 is 38.1 Å². The Morgan fingerprint density at radius 3 is 2.30 bits per heavy atom. The molecule has 9 heteroatoms. The van der Waals surface area contributed by atoms with Gasteiger partial charge < -0.3 is 24.6 Å². The van der Waals surface area contributed by atoms with Gasteiger partial charge in [-0.2, -0.15) is 0 Å². The first-order valence-electron chi connectivity index (χ1n) is 16.1. The fourth-order valence-corrected chi connectivity index (χ4v) is 9.66. The molecule has 4 fully saturated rings. The number of carbonyl (C=O) groups excluding carboxylic acids is 2. The molecule has 3 saturated carbocycles. The molecule has 4 aliphatic carbocycles. The predicted octanol–water partition coefficient (Wildman–Crippen LogP) is 4.99. The number of ketones is 2. The van der Waals surface area contributed by atoms with Crippen LogP contribution in [0.15, 0.2) is 72.3 Å². The number of anilines is 1. The molecular weight excluding hydrogens is 592 g/mol. The molecule has 1 heterocycles. The van der Waals surface area contributed by atoms with Crippen LogP contribution < -0.4 is 4.90 Å². The van der Waals surface area contributed by atoms with Crippen LogP contribution in [0.4, 0.5) is 14.5 Å². The van der Waals surface area contributed by atoms with Crippen molar-refractivity contribution in [1.29, 1.82) is 0 Å². The smallest absolute Gasteiger partial charge is 0.193 e. The average Bonchev–Trinajstić information content (AvgIpc) is 3.53. The molecule has 7 nitrogen and oxygen atoms in total. The van der Waals surface area contributed by atoms with E-state index in [2.05, 4.69) is 24.3 Å². The molecule has 0 bridgehead atoms. The maximum atomic E-state index is 17.6. The van der Waals surface area contributed by atoms with Gasteiger partial charge in [-0.05, 0) is 79.5 Å². The van der Waals surface area contributed by atoms with Crippen molar-refractivity contribution in [3.63, 3.8) is 0 Å². The van der Waals surface area contributed by atoms with Crippen LogP contribution in [0.2, 0.25) is 0 Å². The summed E-state index contributed by atoms with van der Waals surface area (Å²) in [6.07, 6.45) is -0.600. The maximum absolute atomic E-state index is 17.6. The Hall–Kier alpha value is -3.24. The van der Waals surface area contributed by atoms with Crippen LogP contribution in [0.3, 0.4) is 0 Å². The van der Waals surface area contributed by atoms with E-state index in [-0.39, 0.29) is 24.8 Å². The van der Waals surface area contributed by atoms with Gasteiger partial charge in [-0.1, -0.05) is 49.4 Å². The van der Waals surface area contributed by atoms with Gasteiger partial charge in [0.25, 0.3) is 0 Å². The zero-order chi connectivity index (χ0) is 32.8. The first-order valence-corrected chi connectivity index (χ1v) is 16.1. The standard InChI is InChI=1S/C37H41F2NO6/c1-34-14-13-25(42)16-28(34)29(38)17-27-26-18-32-37(31(44)20-41,35(26,2)19-30(43)36(27,34)39)46-33(45-32)23-9-5-21(6-10-23)15-22-7-11-24(12-8-22)40(3)4/h5-14,16,26-27,29-30,32-33,41,43H,15,17-20H2,1-4H3/t26-,27-,29-,30-,32+,33+,34-,35-,36-,37+/m0/s1. The molecule has 0 radical (unpaired) electrons. The Labute approximate surface area is 267 Å². The second-order valence-corrected chi connectivity index (χ2v) is 14.5. The summed E-state index contributed by atoms with van der Waals surface area (Å²) >= 11 is 0. The molecule has 2 aromatic carbocycles. The molecule has 2 N–H and O–H groups in total. The minimum Gasteiger partial charge on any atom is -0.390 e. The lowest BCUT2D eigenvalue weighted by Crippen LogP contribution is -2.70. The molecule has 244 valence electrons. The molecule has 1 saturated heterocycles. The summed E-state index contributed by atoms with van der Waals surface area (Å²) in [7, 11) is 4.00. The fourth-order valence-electron chi connectivity index (χ4n) is 9.66. The molecule has 46 heavy (non-hydrogen) atoms. The Morgan fingerprint density at radius 2 is 1.67 bits per heavy atom. The summed E-state index contributed by atoms with van der Waals surface area (Å²) in [5, 5.41) is 21.9. The molecule has 1 aliphatic heterocycles. The van der Waals surface area contributed by atoms with Crippen molar-refractivity contribution in [2.45, 2.75) is 75.5 Å². The zero-order valence-corrected chi connectivity index (χ0v) is 26.6. The van der Waals surface area contributed by atoms with Crippen LogP contribution in [-0.2, 0) is 25.5 Å². The van der Waals surface area contributed by atoms with E-state index in [1.807, 2.05) is 43.3 Å². The number of hydrogen-bond acceptors (Lipinski definition) is 7. The summed E-state index contributed by atoms with van der Waals surface area (Å²) in [5.74, 6) is -2.58. The number of fused-ring (bicyclic) bond motifs is 7. The van der Waals surface area contributed by atoms with Crippen molar-refractivity contribution >= 4 is 17.3 Å². The molecule has 2 aromatic rings. The lowest BCUT2D eigenvalue weighted by molar-refractivity contribution is -0.235. The SMILES string of the molecule is CN(C)c1ccc(Cc2ccc([C@@H]3O[C@@H]4C[C@H]5[C@@H]6C[C@H](F)C7=CC(=O)C=C[C@]7(C)[C@@]6(F)[C@@H](O)C[C@]5(C)[C@]4(C(=O)CO)O3)cc2)cc1. The van der Waals surface area contributed by atoms with E-state index in [1.165, 1.54) is 12.2 Å². The van der Waals surface area contributed by atoms with E-state index in [0.717, 1.165) is 29.3 Å². The highest BCUT2D eigenvalue weighted by Gasteiger charge is 2.80. The van der Waals surface area contributed by atoms with Gasteiger partial charge in [-0.15, -0.1) is 0 Å². The zero-order valence-electron chi connectivity index (χ0n) is 26.6. The fraction of sp³-hybridized carbons (Fsp3) is 0.514. The molecule has 5 aliphatic rings. The third-order valence-corrected chi connectivity index (χ3v) is 12.0. The van der Waals surface area contributed by atoms with E-state index < -0.39 is 76.8 Å². The van der Waals surface area contributed by atoms with Gasteiger partial charge in [0.1, 0.15) is 12.8 Å². The van der Waals surface area contributed by atoms with Gasteiger partial charge in [0.05, 0.1) is 12.2 Å². The van der Waals surface area contributed by atoms with Crippen LogP contribution in [0.25, 0.3) is 0 Å². The van der Waals surface area contributed by atoms with Gasteiger partial charge in [0, 0.05) is 42.1 Å². The molecule has 0 spiro atoms. The summed E-state index contributed by atoms with van der Waals surface area (Å²) in [6, 6.07) is 16.1. The molecule has 0 aromatic heterocycles. The van der Waals surface area contributed by atoms with Crippen LogP contribution in [0, 0.1) is 22.7 Å². The first kappa shape index (κ1) is 31.4. The van der Waals surface area contributed by atoms with Crippen molar-refractivity contribution in [1.82, 2.24) is 0 Å². The Balaban J connectivity index is 1.18. The van der Waals surface area contributed by atoms with E-state index in [0.29, 0.717) is 5.56 Å². The quantitative estimate of drug-likeness (QED) is 0.463. The van der Waals surface area contributed by atoms with Gasteiger partial charge in [-0.25, -0.2) is 8.78 Å². The van der Waals surface area contributed by atoms with Crippen LogP contribution >= 0.6 is 0 Å². The predicted molar refractivity (Wildman–Crippen MR) is 168 cm³/mol. The number of carbonyl (C=O) groups is 2. The number of nitrogens with zero attached hydrogens (tertiary/aromatic N) is 1. The lowest BCUT2D eigenvalue weighted by Gasteiger charge is -2.63. The highest BCUT2D eigenvalue weighted by atomic mass is 19.1. The average molecular weight is 634 g/mol. The molecule has 0 unspecified atom stereocenters. The maximum Gasteiger partial charge on any atom is 0.193 e. The number of halogens is 2. The van der Waals surface area contributed by atoms with Crippen molar-refractivity contribution in [2.75, 3.05) is 25.6 Å². The van der Waals surface area contributed by atoms with Gasteiger partial charge in [0.2, 0.25) is 0 Å². The summed E-state index contributed by atoms with van der Waals surface area (Å²) < 4.78 is 46.4. The highest BCUT2D eigenvalue weighted by molar-refractivity contribution is 6.01. The number of benzene rings is 2. The number of aliphatic hydroxyl groups is 2. The molecule has 10 atom stereocenters. The van der Waals surface area contributed by atoms with Gasteiger partial charge >= 0.3 is 0 Å². The number of allylic oxidation sites excluding steroid dienone is 4. The molecule has 0 amide bonds. The Kier molecular flexibility index (Phi) is 7.25. The summed E-state index contributed by atoms with van der Waals surface area (Å²) in [5.41, 5.74) is -2.52. The number of ether oxygens (including phenoxy) is 2. The second kappa shape index (κ2) is 10.6. The molecular formula is C37H41F2NO6. The summed E-state index contributed by atoms with van der Waals surface area (Å²) in [6.45, 7) is 2.51. The van der Waals surface area contributed by atoms with E-state index >= 15 is 8.78 Å². The van der Waals surface area contributed by atoms with Crippen LogP contribution in [0.1, 0.15) is 56.1 Å². The second-order valence-electron chi connectivity index (χ2n) is 14.5. The van der Waals surface area contributed by atoms with E-state index in [1.54, 1.807) is 13.8 Å². The number of rotatable bonds is 6. The molecule has 7 rings (SSSR count). The van der Waals surface area contributed by atoms with E-state index in [4.69, 9.17) is 9.47 Å². The lowest BCUT2D eigenvalue weighted by atomic mass is 9.44. The highest BCUT2D eigenvalue weighted by Crippen LogP contribution is 2.72. The normalized spacial score (nSPS) is 40.9.